The summed E-state index contributed by atoms with van der Waals surface area (Å²) in [5.74, 6) is 0.297. The lowest BCUT2D eigenvalue weighted by atomic mass is 10.1. The largest absolute Gasteiger partial charge is 0.480 e. The molecule has 3 aromatic rings. The van der Waals surface area contributed by atoms with Gasteiger partial charge in [0.25, 0.3) is 0 Å². The molecule has 0 saturated heterocycles. The first-order valence-corrected chi connectivity index (χ1v) is 13.4. The molecule has 11 heteroatoms. The minimum atomic E-state index is -0.974. The minimum absolute atomic E-state index is 0.123. The highest BCUT2D eigenvalue weighted by atomic mass is 16.4. The number of nitrogens with one attached hydrogen (secondary N) is 3. The Bertz CT molecular complexity index is 1240. The highest BCUT2D eigenvalue weighted by Crippen LogP contribution is 2.20. The zero-order chi connectivity index (χ0) is 27.5. The summed E-state index contributed by atoms with van der Waals surface area (Å²) in [5, 5.41) is 19.1. The summed E-state index contributed by atoms with van der Waals surface area (Å²) < 4.78 is 0. The van der Waals surface area contributed by atoms with Crippen molar-refractivity contribution in [2.24, 2.45) is 0 Å². The Morgan fingerprint density at radius 3 is 2.72 bits per heavy atom. The van der Waals surface area contributed by atoms with Gasteiger partial charge in [-0.05, 0) is 68.8 Å². The van der Waals surface area contributed by atoms with Gasteiger partial charge in [0.05, 0.1) is 24.8 Å². The van der Waals surface area contributed by atoms with Crippen molar-refractivity contribution in [2.45, 2.75) is 51.5 Å². The SMILES string of the molecule is CC(=O)NCN(CCCCc1ccc2c(n1)NCCC2)CCC(Nc1cncc(-c2ccncc2)n1)C(=O)O. The summed E-state index contributed by atoms with van der Waals surface area (Å²) in [6.45, 7) is 4.02. The van der Waals surface area contributed by atoms with Crippen LogP contribution in [0.1, 0.15) is 43.9 Å². The first-order chi connectivity index (χ1) is 19.0. The van der Waals surface area contributed by atoms with Crippen LogP contribution in [0.2, 0.25) is 0 Å². The third-order valence-electron chi connectivity index (χ3n) is 6.63. The van der Waals surface area contributed by atoms with E-state index < -0.39 is 12.0 Å². The number of amides is 1. The van der Waals surface area contributed by atoms with Gasteiger partial charge in [0.1, 0.15) is 17.7 Å². The number of unbranched alkanes of at least 4 members (excludes halogenated alkanes) is 1. The third-order valence-corrected chi connectivity index (χ3v) is 6.63. The Labute approximate surface area is 228 Å². The topological polar surface area (TPSA) is 145 Å². The Morgan fingerprint density at radius 2 is 1.92 bits per heavy atom. The number of fused-ring (bicyclic) bond motifs is 1. The molecular weight excluding hydrogens is 496 g/mol. The van der Waals surface area contributed by atoms with E-state index in [4.69, 9.17) is 4.98 Å². The normalized spacial score (nSPS) is 13.3. The molecule has 206 valence electrons. The van der Waals surface area contributed by atoms with Gasteiger partial charge in [-0.2, -0.15) is 0 Å². The van der Waals surface area contributed by atoms with E-state index in [9.17, 15) is 14.7 Å². The number of nitrogens with zero attached hydrogens (tertiary/aromatic N) is 5. The van der Waals surface area contributed by atoms with Gasteiger partial charge < -0.3 is 21.1 Å². The molecule has 1 amide bonds. The third kappa shape index (κ3) is 8.71. The van der Waals surface area contributed by atoms with Crippen LogP contribution in [-0.2, 0) is 22.4 Å². The average molecular weight is 533 g/mol. The van der Waals surface area contributed by atoms with Crippen molar-refractivity contribution >= 4 is 23.5 Å². The highest BCUT2D eigenvalue weighted by molar-refractivity contribution is 5.77. The van der Waals surface area contributed by atoms with Crippen LogP contribution in [0.15, 0.2) is 49.1 Å². The second-order valence-electron chi connectivity index (χ2n) is 9.66. The van der Waals surface area contributed by atoms with E-state index in [1.807, 2.05) is 12.1 Å². The van der Waals surface area contributed by atoms with Crippen LogP contribution in [0.3, 0.4) is 0 Å². The van der Waals surface area contributed by atoms with E-state index in [0.29, 0.717) is 31.1 Å². The monoisotopic (exact) mass is 532 g/mol. The van der Waals surface area contributed by atoms with Gasteiger partial charge in [0.2, 0.25) is 5.91 Å². The van der Waals surface area contributed by atoms with E-state index in [0.717, 1.165) is 62.3 Å². The second-order valence-corrected chi connectivity index (χ2v) is 9.66. The smallest absolute Gasteiger partial charge is 0.326 e. The lowest BCUT2D eigenvalue weighted by molar-refractivity contribution is -0.138. The number of hydrogen-bond acceptors (Lipinski definition) is 9. The quantitative estimate of drug-likeness (QED) is 0.181. The molecule has 0 aromatic carbocycles. The van der Waals surface area contributed by atoms with Crippen molar-refractivity contribution in [1.29, 1.82) is 0 Å². The van der Waals surface area contributed by atoms with Crippen LogP contribution in [0.25, 0.3) is 11.3 Å². The maximum Gasteiger partial charge on any atom is 0.326 e. The molecule has 0 radical (unpaired) electrons. The zero-order valence-electron chi connectivity index (χ0n) is 22.3. The minimum Gasteiger partial charge on any atom is -0.480 e. The summed E-state index contributed by atoms with van der Waals surface area (Å²) in [5.41, 5.74) is 3.82. The highest BCUT2D eigenvalue weighted by Gasteiger charge is 2.20. The standard InChI is InChI=1S/C28H36N8O3/c1-20(37)32-19-36(15-3-2-6-23-8-7-22-5-4-12-31-27(22)33-23)16-11-24(28(38)39)34-26-18-30-17-25(35-26)21-9-13-29-14-10-21/h7-10,13-14,17-18,24H,2-6,11-12,15-16,19H2,1H3,(H,31,33)(H,32,37)(H,34,35)(H,38,39). The predicted molar refractivity (Wildman–Crippen MR) is 149 cm³/mol. The van der Waals surface area contributed by atoms with Crippen LogP contribution in [0, 0.1) is 0 Å². The molecule has 1 unspecified atom stereocenters. The Kier molecular flexibility index (Phi) is 10.1. The molecule has 1 atom stereocenters. The average Bonchev–Trinajstić information content (AvgIpc) is 2.95. The Morgan fingerprint density at radius 1 is 1.08 bits per heavy atom. The van der Waals surface area contributed by atoms with Crippen LogP contribution in [-0.4, -0.2) is 74.2 Å². The molecule has 3 aromatic heterocycles. The molecule has 0 aliphatic carbocycles. The lowest BCUT2D eigenvalue weighted by Crippen LogP contribution is -2.41. The first-order valence-electron chi connectivity index (χ1n) is 13.4. The number of carboxylic acid groups (broad SMARTS) is 1. The van der Waals surface area contributed by atoms with Crippen LogP contribution in [0.5, 0.6) is 0 Å². The van der Waals surface area contributed by atoms with Gasteiger partial charge in [-0.3, -0.25) is 19.7 Å². The van der Waals surface area contributed by atoms with E-state index >= 15 is 0 Å². The van der Waals surface area contributed by atoms with Gasteiger partial charge >= 0.3 is 5.97 Å². The fourth-order valence-corrected chi connectivity index (χ4v) is 4.49. The Balaban J connectivity index is 1.30. The molecule has 0 fully saturated rings. The number of hydrogen-bond donors (Lipinski definition) is 4. The van der Waals surface area contributed by atoms with Gasteiger partial charge in [0, 0.05) is 43.7 Å². The molecule has 0 saturated carbocycles. The molecular formula is C28H36N8O3. The van der Waals surface area contributed by atoms with E-state index in [1.165, 1.54) is 18.7 Å². The molecule has 1 aliphatic heterocycles. The van der Waals surface area contributed by atoms with Crippen molar-refractivity contribution in [3.05, 3.63) is 60.3 Å². The lowest BCUT2D eigenvalue weighted by Gasteiger charge is -2.24. The number of carbonyl (C=O) groups excluding carboxylic acids is 1. The van der Waals surface area contributed by atoms with Crippen molar-refractivity contribution in [3.63, 3.8) is 0 Å². The molecule has 11 nitrogen and oxygen atoms in total. The Hall–Kier alpha value is -4.12. The number of anilines is 2. The van der Waals surface area contributed by atoms with Crippen LogP contribution in [0.4, 0.5) is 11.6 Å². The summed E-state index contributed by atoms with van der Waals surface area (Å²) >= 11 is 0. The zero-order valence-corrected chi connectivity index (χ0v) is 22.3. The molecule has 4 heterocycles. The number of aryl methyl sites for hydroxylation is 2. The summed E-state index contributed by atoms with van der Waals surface area (Å²) in [4.78, 5) is 43.2. The molecule has 39 heavy (non-hydrogen) atoms. The number of aromatic nitrogens is 4. The molecule has 4 rings (SSSR count). The van der Waals surface area contributed by atoms with Gasteiger partial charge in [0.15, 0.2) is 0 Å². The van der Waals surface area contributed by atoms with E-state index in [1.54, 1.807) is 18.6 Å². The van der Waals surface area contributed by atoms with Crippen LogP contribution < -0.4 is 16.0 Å². The second kappa shape index (κ2) is 14.1. The summed E-state index contributed by atoms with van der Waals surface area (Å²) in [6, 6.07) is 7.06. The van der Waals surface area contributed by atoms with Gasteiger partial charge in [-0.1, -0.05) is 6.07 Å². The fourth-order valence-electron chi connectivity index (χ4n) is 4.49. The molecule has 0 bridgehead atoms. The van der Waals surface area contributed by atoms with Gasteiger partial charge in [-0.25, -0.2) is 14.8 Å². The summed E-state index contributed by atoms with van der Waals surface area (Å²) in [7, 11) is 0. The van der Waals surface area contributed by atoms with Crippen molar-refractivity contribution in [2.75, 3.05) is 36.9 Å². The van der Waals surface area contributed by atoms with Crippen molar-refractivity contribution in [3.8, 4) is 11.3 Å². The van der Waals surface area contributed by atoms with E-state index in [2.05, 4.69) is 47.9 Å². The first kappa shape index (κ1) is 27.9. The predicted octanol–water partition coefficient (Wildman–Crippen LogP) is 2.97. The van der Waals surface area contributed by atoms with Crippen molar-refractivity contribution < 1.29 is 14.7 Å². The number of rotatable bonds is 14. The molecule has 4 N–H and O–H groups in total. The van der Waals surface area contributed by atoms with Crippen molar-refractivity contribution in [1.82, 2.24) is 30.2 Å². The van der Waals surface area contributed by atoms with Gasteiger partial charge in [-0.15, -0.1) is 0 Å². The van der Waals surface area contributed by atoms with E-state index in [-0.39, 0.29) is 5.91 Å². The fraction of sp³-hybridized carbons (Fsp3) is 0.429. The summed E-state index contributed by atoms with van der Waals surface area (Å²) in [6.07, 6.45) is 11.7. The number of carbonyl (C=O) groups is 2. The maximum absolute atomic E-state index is 12.0. The number of carboxylic acids is 1. The maximum atomic E-state index is 12.0. The molecule has 1 aliphatic rings. The van der Waals surface area contributed by atoms with Crippen LogP contribution >= 0.6 is 0 Å². The molecule has 0 spiro atoms. The number of aliphatic carboxylic acids is 1. The number of pyridine rings is 2.